The van der Waals surface area contributed by atoms with E-state index in [1.54, 1.807) is 6.20 Å². The van der Waals surface area contributed by atoms with E-state index in [1.165, 1.54) is 0 Å². The zero-order valence-corrected chi connectivity index (χ0v) is 6.18. The number of aromatic amines is 1. The molecule has 0 spiro atoms. The van der Waals surface area contributed by atoms with Crippen LogP contribution in [0, 0.1) is 6.92 Å². The maximum Gasteiger partial charge on any atom is 0.131 e. The predicted molar refractivity (Wildman–Crippen MR) is 41.4 cm³/mol. The Morgan fingerprint density at radius 1 is 1.70 bits per heavy atom. The molecule has 1 heterocycles. The number of aromatic nitrogens is 2. The second kappa shape index (κ2) is 3.06. The number of aryl methyl sites for hydroxylation is 1. The summed E-state index contributed by atoms with van der Waals surface area (Å²) in [5, 5.41) is 2.88. The Hall–Kier alpha value is -1.25. The maximum atomic E-state index is 4.07. The van der Waals surface area contributed by atoms with Gasteiger partial charge in [-0.15, -0.1) is 0 Å². The minimum Gasteiger partial charge on any atom is -0.394 e. The molecule has 0 saturated carbocycles. The molecule has 0 unspecified atom stereocenters. The van der Waals surface area contributed by atoms with Gasteiger partial charge in [0.2, 0.25) is 0 Å². The highest BCUT2D eigenvalue weighted by Gasteiger charge is 1.88. The molecule has 1 aromatic heterocycles. The lowest BCUT2D eigenvalue weighted by Crippen LogP contribution is -1.91. The highest BCUT2D eigenvalue weighted by molar-refractivity contribution is 5.39. The zero-order valence-electron chi connectivity index (χ0n) is 6.18. The van der Waals surface area contributed by atoms with Gasteiger partial charge in [-0.05, 0) is 19.2 Å². The molecule has 1 aromatic rings. The van der Waals surface area contributed by atoms with Crippen LogP contribution in [-0.2, 0) is 0 Å². The summed E-state index contributed by atoms with van der Waals surface area (Å²) in [5.41, 5.74) is 1.08. The van der Waals surface area contributed by atoms with Gasteiger partial charge in [-0.25, -0.2) is 4.98 Å². The fourth-order valence-corrected chi connectivity index (χ4v) is 0.680. The standard InChI is InChI=1S/C7H11N3/c1-6-5-9-7(10-6)3-4-8-2/h3-5,8H,1-2H3,(H,9,10)/b4-3-. The van der Waals surface area contributed by atoms with Gasteiger partial charge in [0.1, 0.15) is 5.82 Å². The van der Waals surface area contributed by atoms with Crippen molar-refractivity contribution < 1.29 is 0 Å². The monoisotopic (exact) mass is 137 g/mol. The van der Waals surface area contributed by atoms with Crippen LogP contribution >= 0.6 is 0 Å². The van der Waals surface area contributed by atoms with Crippen molar-refractivity contribution in [1.29, 1.82) is 0 Å². The van der Waals surface area contributed by atoms with Gasteiger partial charge in [0.25, 0.3) is 0 Å². The van der Waals surface area contributed by atoms with Crippen molar-refractivity contribution in [3.63, 3.8) is 0 Å². The fourth-order valence-electron chi connectivity index (χ4n) is 0.680. The molecule has 54 valence electrons. The van der Waals surface area contributed by atoms with Crippen LogP contribution in [0.2, 0.25) is 0 Å². The summed E-state index contributed by atoms with van der Waals surface area (Å²) in [5.74, 6) is 0.881. The van der Waals surface area contributed by atoms with Crippen LogP contribution in [0.1, 0.15) is 11.5 Å². The van der Waals surface area contributed by atoms with Gasteiger partial charge in [0.15, 0.2) is 0 Å². The summed E-state index contributed by atoms with van der Waals surface area (Å²) >= 11 is 0. The number of rotatable bonds is 2. The van der Waals surface area contributed by atoms with E-state index in [9.17, 15) is 0 Å². The lowest BCUT2D eigenvalue weighted by Gasteiger charge is -1.84. The third-order valence-electron chi connectivity index (χ3n) is 1.13. The quantitative estimate of drug-likeness (QED) is 0.636. The average molecular weight is 137 g/mol. The van der Waals surface area contributed by atoms with E-state index < -0.39 is 0 Å². The molecule has 2 N–H and O–H groups in total. The number of hydrogen-bond acceptors (Lipinski definition) is 2. The number of imidazole rings is 1. The van der Waals surface area contributed by atoms with Gasteiger partial charge in [-0.1, -0.05) is 0 Å². The first-order valence-electron chi connectivity index (χ1n) is 3.18. The third kappa shape index (κ3) is 1.62. The van der Waals surface area contributed by atoms with Gasteiger partial charge in [-0.3, -0.25) is 0 Å². The second-order valence-electron chi connectivity index (χ2n) is 2.07. The molecule has 0 aromatic carbocycles. The van der Waals surface area contributed by atoms with Gasteiger partial charge >= 0.3 is 0 Å². The van der Waals surface area contributed by atoms with E-state index in [0.717, 1.165) is 11.5 Å². The number of hydrogen-bond donors (Lipinski definition) is 2. The Kier molecular flexibility index (Phi) is 2.10. The molecule has 0 bridgehead atoms. The molecule has 0 radical (unpaired) electrons. The summed E-state index contributed by atoms with van der Waals surface area (Å²) in [7, 11) is 1.85. The Morgan fingerprint density at radius 3 is 3.00 bits per heavy atom. The summed E-state index contributed by atoms with van der Waals surface area (Å²) in [6, 6.07) is 0. The van der Waals surface area contributed by atoms with Crippen LogP contribution in [0.15, 0.2) is 12.4 Å². The first-order chi connectivity index (χ1) is 4.83. The van der Waals surface area contributed by atoms with Crippen molar-refractivity contribution in [1.82, 2.24) is 15.3 Å². The molecule has 0 atom stereocenters. The van der Waals surface area contributed by atoms with Crippen LogP contribution in [0.3, 0.4) is 0 Å². The van der Waals surface area contributed by atoms with Gasteiger partial charge in [0, 0.05) is 18.9 Å². The third-order valence-corrected chi connectivity index (χ3v) is 1.13. The van der Waals surface area contributed by atoms with Gasteiger partial charge in [-0.2, -0.15) is 0 Å². The summed E-state index contributed by atoms with van der Waals surface area (Å²) in [6.07, 6.45) is 5.51. The van der Waals surface area contributed by atoms with E-state index in [0.29, 0.717) is 0 Å². The largest absolute Gasteiger partial charge is 0.394 e. The molecule has 1 rings (SSSR count). The lowest BCUT2D eigenvalue weighted by atomic mass is 10.5. The molecule has 3 nitrogen and oxygen atoms in total. The second-order valence-corrected chi connectivity index (χ2v) is 2.07. The normalized spacial score (nSPS) is 10.6. The molecule has 0 fully saturated rings. The van der Waals surface area contributed by atoms with E-state index in [1.807, 2.05) is 26.2 Å². The van der Waals surface area contributed by atoms with Crippen LogP contribution in [0.5, 0.6) is 0 Å². The lowest BCUT2D eigenvalue weighted by molar-refractivity contribution is 1.10. The Morgan fingerprint density at radius 2 is 2.50 bits per heavy atom. The van der Waals surface area contributed by atoms with E-state index >= 15 is 0 Å². The van der Waals surface area contributed by atoms with E-state index in [4.69, 9.17) is 0 Å². The van der Waals surface area contributed by atoms with Crippen LogP contribution in [0.25, 0.3) is 6.08 Å². The average Bonchev–Trinajstić information content (AvgIpc) is 2.31. The highest BCUT2D eigenvalue weighted by Crippen LogP contribution is 1.95. The summed E-state index contributed by atoms with van der Waals surface area (Å²) in [6.45, 7) is 1.98. The van der Waals surface area contributed by atoms with Crippen molar-refractivity contribution >= 4 is 6.08 Å². The minimum atomic E-state index is 0.881. The van der Waals surface area contributed by atoms with Crippen LogP contribution in [0.4, 0.5) is 0 Å². The van der Waals surface area contributed by atoms with Crippen molar-refractivity contribution in [2.45, 2.75) is 6.92 Å². The van der Waals surface area contributed by atoms with E-state index in [2.05, 4.69) is 15.3 Å². The Labute approximate surface area is 60.2 Å². The van der Waals surface area contributed by atoms with Crippen LogP contribution in [-0.4, -0.2) is 17.0 Å². The highest BCUT2D eigenvalue weighted by atomic mass is 14.9. The maximum absolute atomic E-state index is 4.07. The molecule has 0 aliphatic heterocycles. The topological polar surface area (TPSA) is 40.7 Å². The Bertz CT molecular complexity index is 225. The molecule has 10 heavy (non-hydrogen) atoms. The van der Waals surface area contributed by atoms with E-state index in [-0.39, 0.29) is 0 Å². The molecule has 0 aliphatic carbocycles. The first-order valence-corrected chi connectivity index (χ1v) is 3.18. The predicted octanol–water partition coefficient (Wildman–Crippen LogP) is 0.908. The molecule has 0 saturated heterocycles. The Balaban J connectivity index is 2.67. The van der Waals surface area contributed by atoms with Crippen molar-refractivity contribution in [2.75, 3.05) is 7.05 Å². The van der Waals surface area contributed by atoms with Crippen molar-refractivity contribution in [3.05, 3.63) is 23.9 Å². The van der Waals surface area contributed by atoms with Crippen molar-refractivity contribution in [2.24, 2.45) is 0 Å². The molecule has 0 aliphatic rings. The summed E-state index contributed by atoms with van der Waals surface area (Å²) in [4.78, 5) is 7.14. The molecule has 3 heteroatoms. The van der Waals surface area contributed by atoms with Crippen molar-refractivity contribution in [3.8, 4) is 0 Å². The fraction of sp³-hybridized carbons (Fsp3) is 0.286. The number of H-pyrrole nitrogens is 1. The first kappa shape index (κ1) is 6.86. The number of nitrogens with zero attached hydrogens (tertiary/aromatic N) is 1. The molecule has 0 amide bonds. The number of nitrogens with one attached hydrogen (secondary N) is 2. The zero-order chi connectivity index (χ0) is 7.40. The SMILES string of the molecule is CN/C=C\c1ncc(C)[nH]1. The minimum absolute atomic E-state index is 0.881. The van der Waals surface area contributed by atoms with Crippen LogP contribution < -0.4 is 5.32 Å². The molecular weight excluding hydrogens is 126 g/mol. The van der Waals surface area contributed by atoms with Gasteiger partial charge < -0.3 is 10.3 Å². The van der Waals surface area contributed by atoms with Gasteiger partial charge in [0.05, 0.1) is 0 Å². The molecular formula is C7H11N3. The summed E-state index contributed by atoms with van der Waals surface area (Å²) < 4.78 is 0. The smallest absolute Gasteiger partial charge is 0.131 e.